The van der Waals surface area contributed by atoms with E-state index in [-0.39, 0.29) is 11.8 Å². The molecule has 2 aromatic rings. The van der Waals surface area contributed by atoms with E-state index in [2.05, 4.69) is 15.6 Å². The van der Waals surface area contributed by atoms with E-state index in [1.165, 1.54) is 11.8 Å². The fraction of sp³-hybridized carbons (Fsp3) is 0.333. The maximum absolute atomic E-state index is 10.8. The third kappa shape index (κ3) is 2.90. The molecule has 21 heavy (non-hydrogen) atoms. The minimum atomic E-state index is -0.834. The Morgan fingerprint density at radius 3 is 3.14 bits per heavy atom. The average molecular weight is 304 g/mol. The highest BCUT2D eigenvalue weighted by atomic mass is 32.2. The summed E-state index contributed by atoms with van der Waals surface area (Å²) in [6.07, 6.45) is 2.84. The molecule has 2 heterocycles. The first-order valence-electron chi connectivity index (χ1n) is 6.77. The van der Waals surface area contributed by atoms with Crippen LogP contribution >= 0.6 is 11.8 Å². The zero-order valence-corrected chi connectivity index (χ0v) is 12.5. The molecule has 1 atom stereocenters. The summed E-state index contributed by atoms with van der Waals surface area (Å²) in [5, 5.41) is 9.61. The van der Waals surface area contributed by atoms with E-state index in [9.17, 15) is 4.79 Å². The highest BCUT2D eigenvalue weighted by Gasteiger charge is 2.25. The van der Waals surface area contributed by atoms with Crippen molar-refractivity contribution in [1.29, 1.82) is 0 Å². The molecular formula is C15H16N2O3S. The van der Waals surface area contributed by atoms with Crippen LogP contribution < -0.4 is 4.74 Å². The Hall–Kier alpha value is -1.95. The average Bonchev–Trinajstić information content (AvgIpc) is 2.85. The van der Waals surface area contributed by atoms with Gasteiger partial charge in [0.2, 0.25) is 0 Å². The first-order chi connectivity index (χ1) is 10.1. The van der Waals surface area contributed by atoms with E-state index in [1.54, 1.807) is 0 Å². The normalized spacial score (nSPS) is 17.1. The second kappa shape index (κ2) is 5.81. The van der Waals surface area contributed by atoms with E-state index in [0.717, 1.165) is 28.6 Å². The molecule has 0 saturated carbocycles. The fourth-order valence-corrected chi connectivity index (χ4v) is 3.35. The van der Waals surface area contributed by atoms with Crippen molar-refractivity contribution in [2.75, 3.05) is 12.4 Å². The lowest BCUT2D eigenvalue weighted by Gasteiger charge is -2.27. The van der Waals surface area contributed by atoms with Crippen molar-refractivity contribution in [3.63, 3.8) is 0 Å². The molecule has 6 heteroatoms. The maximum atomic E-state index is 10.8. The van der Waals surface area contributed by atoms with Gasteiger partial charge in [-0.05, 0) is 13.0 Å². The van der Waals surface area contributed by atoms with Crippen molar-refractivity contribution in [1.82, 2.24) is 9.55 Å². The van der Waals surface area contributed by atoms with Gasteiger partial charge < -0.3 is 14.4 Å². The molecular weight excluding hydrogens is 288 g/mol. The van der Waals surface area contributed by atoms with Crippen molar-refractivity contribution in [3.8, 4) is 5.75 Å². The Balaban J connectivity index is 1.96. The van der Waals surface area contributed by atoms with Crippen LogP contribution in [-0.4, -0.2) is 33.0 Å². The largest absolute Gasteiger partial charge is 0.493 e. The van der Waals surface area contributed by atoms with Crippen molar-refractivity contribution in [3.05, 3.63) is 41.7 Å². The molecule has 0 aliphatic carbocycles. The molecule has 1 unspecified atom stereocenters. The fourth-order valence-electron chi connectivity index (χ4n) is 2.56. The topological polar surface area (TPSA) is 64.3 Å². The van der Waals surface area contributed by atoms with E-state index >= 15 is 0 Å². The van der Waals surface area contributed by atoms with Crippen molar-refractivity contribution < 1.29 is 14.6 Å². The zero-order valence-electron chi connectivity index (χ0n) is 11.7. The Morgan fingerprint density at radius 1 is 1.52 bits per heavy atom. The van der Waals surface area contributed by atoms with E-state index in [0.29, 0.717) is 6.61 Å². The van der Waals surface area contributed by atoms with Crippen LogP contribution in [0.15, 0.2) is 35.6 Å². The van der Waals surface area contributed by atoms with Crippen LogP contribution in [0.25, 0.3) is 0 Å². The van der Waals surface area contributed by atoms with Gasteiger partial charge in [0.15, 0.2) is 5.16 Å². The first-order valence-corrected chi connectivity index (χ1v) is 7.75. The van der Waals surface area contributed by atoms with Gasteiger partial charge in [0.05, 0.1) is 24.1 Å². The predicted octanol–water partition coefficient (Wildman–Crippen LogP) is 2.74. The van der Waals surface area contributed by atoms with Gasteiger partial charge in [-0.1, -0.05) is 30.0 Å². The highest BCUT2D eigenvalue weighted by molar-refractivity contribution is 7.99. The number of benzene rings is 1. The number of thioether (sulfide) groups is 1. The van der Waals surface area contributed by atoms with Crippen molar-refractivity contribution >= 4 is 17.7 Å². The summed E-state index contributed by atoms with van der Waals surface area (Å²) in [5.74, 6) is 0.0790. The van der Waals surface area contributed by atoms with Gasteiger partial charge in [-0.3, -0.25) is 4.79 Å². The molecule has 0 spiro atoms. The third-order valence-corrected chi connectivity index (χ3v) is 4.36. The number of ether oxygens (including phenoxy) is 1. The number of imidazole rings is 1. The summed E-state index contributed by atoms with van der Waals surface area (Å²) in [5.41, 5.74) is 2.02. The van der Waals surface area contributed by atoms with Crippen LogP contribution in [0.2, 0.25) is 0 Å². The van der Waals surface area contributed by atoms with Crippen LogP contribution in [0.1, 0.15) is 23.7 Å². The number of para-hydroxylation sites is 1. The van der Waals surface area contributed by atoms with Crippen LogP contribution in [0.4, 0.5) is 0 Å². The summed E-state index contributed by atoms with van der Waals surface area (Å²) in [7, 11) is 0. The van der Waals surface area contributed by atoms with E-state index in [1.807, 2.05) is 31.3 Å². The van der Waals surface area contributed by atoms with Crippen LogP contribution in [-0.2, 0) is 4.79 Å². The van der Waals surface area contributed by atoms with Gasteiger partial charge >= 0.3 is 5.97 Å². The number of aliphatic carboxylic acids is 1. The van der Waals surface area contributed by atoms with Gasteiger partial charge in [-0.15, -0.1) is 0 Å². The summed E-state index contributed by atoms with van der Waals surface area (Å²) in [4.78, 5) is 15.2. The number of hydrogen-bond acceptors (Lipinski definition) is 4. The van der Waals surface area contributed by atoms with Crippen LogP contribution in [0, 0.1) is 6.92 Å². The standard InChI is InChI=1S/C15H16N2O3S/c1-10-8-17(15(16-10)21-9-14(18)19)12-6-7-20-13-5-3-2-4-11(12)13/h2-5,8,12H,6-7,9H2,1H3,(H,18,19). The summed E-state index contributed by atoms with van der Waals surface area (Å²) < 4.78 is 7.76. The quantitative estimate of drug-likeness (QED) is 0.880. The molecule has 1 aromatic carbocycles. The van der Waals surface area contributed by atoms with Gasteiger partial charge in [0.1, 0.15) is 5.75 Å². The van der Waals surface area contributed by atoms with E-state index < -0.39 is 5.97 Å². The molecule has 1 aliphatic rings. The maximum Gasteiger partial charge on any atom is 0.313 e. The number of rotatable bonds is 4. The summed E-state index contributed by atoms with van der Waals surface area (Å²) in [6.45, 7) is 2.58. The van der Waals surface area contributed by atoms with Crippen molar-refractivity contribution in [2.24, 2.45) is 0 Å². The number of carboxylic acids is 1. The molecule has 1 aromatic heterocycles. The lowest BCUT2D eigenvalue weighted by molar-refractivity contribution is -0.133. The van der Waals surface area contributed by atoms with E-state index in [4.69, 9.17) is 9.84 Å². The van der Waals surface area contributed by atoms with Gasteiger partial charge in [-0.2, -0.15) is 0 Å². The molecule has 0 saturated heterocycles. The predicted molar refractivity (Wildman–Crippen MR) is 80.0 cm³/mol. The minimum absolute atomic E-state index is 0.0152. The molecule has 1 aliphatic heterocycles. The third-order valence-electron chi connectivity index (χ3n) is 3.41. The number of fused-ring (bicyclic) bond motifs is 1. The van der Waals surface area contributed by atoms with Gasteiger partial charge in [0.25, 0.3) is 0 Å². The number of carboxylic acid groups (broad SMARTS) is 1. The lowest BCUT2D eigenvalue weighted by atomic mass is 10.0. The minimum Gasteiger partial charge on any atom is -0.493 e. The van der Waals surface area contributed by atoms with Gasteiger partial charge in [-0.25, -0.2) is 4.98 Å². The van der Waals surface area contributed by atoms with Crippen LogP contribution in [0.3, 0.4) is 0 Å². The Kier molecular flexibility index (Phi) is 3.88. The smallest absolute Gasteiger partial charge is 0.313 e. The molecule has 0 amide bonds. The number of aryl methyl sites for hydroxylation is 1. The lowest BCUT2D eigenvalue weighted by Crippen LogP contribution is -2.20. The molecule has 1 N–H and O–H groups in total. The number of carbonyl (C=O) groups is 1. The molecule has 0 bridgehead atoms. The molecule has 0 fully saturated rings. The molecule has 5 nitrogen and oxygen atoms in total. The number of aromatic nitrogens is 2. The Bertz CT molecular complexity index is 669. The SMILES string of the molecule is Cc1cn(C2CCOc3ccccc32)c(SCC(=O)O)n1. The monoisotopic (exact) mass is 304 g/mol. The molecule has 0 radical (unpaired) electrons. The highest BCUT2D eigenvalue weighted by Crippen LogP contribution is 2.36. The Labute approximate surface area is 127 Å². The molecule has 3 rings (SSSR count). The second-order valence-electron chi connectivity index (χ2n) is 4.95. The molecule has 110 valence electrons. The second-order valence-corrected chi connectivity index (χ2v) is 5.89. The first kappa shape index (κ1) is 14.0. The Morgan fingerprint density at radius 2 is 2.33 bits per heavy atom. The zero-order chi connectivity index (χ0) is 14.8. The van der Waals surface area contributed by atoms with Crippen molar-refractivity contribution in [2.45, 2.75) is 24.5 Å². The summed E-state index contributed by atoms with van der Waals surface area (Å²) in [6, 6.07) is 8.12. The number of nitrogens with zero attached hydrogens (tertiary/aromatic N) is 2. The number of hydrogen-bond donors (Lipinski definition) is 1. The van der Waals surface area contributed by atoms with Crippen LogP contribution in [0.5, 0.6) is 5.75 Å². The summed E-state index contributed by atoms with van der Waals surface area (Å²) >= 11 is 1.26. The van der Waals surface area contributed by atoms with Gasteiger partial charge in [0, 0.05) is 18.2 Å².